The lowest BCUT2D eigenvalue weighted by molar-refractivity contribution is -0.115. The van der Waals surface area contributed by atoms with Crippen molar-refractivity contribution < 1.29 is 4.79 Å². The fourth-order valence-corrected chi connectivity index (χ4v) is 5.60. The molecule has 27 heavy (non-hydrogen) atoms. The van der Waals surface area contributed by atoms with E-state index in [1.807, 2.05) is 31.2 Å². The molecule has 3 aromatic rings. The van der Waals surface area contributed by atoms with Gasteiger partial charge in [0.2, 0.25) is 5.91 Å². The van der Waals surface area contributed by atoms with Crippen molar-refractivity contribution in [2.24, 2.45) is 0 Å². The minimum atomic E-state index is -0.304. The number of amides is 1. The molecule has 0 saturated heterocycles. The van der Waals surface area contributed by atoms with Crippen LogP contribution in [0.15, 0.2) is 35.4 Å². The Balaban J connectivity index is 1.51. The number of fused-ring (bicyclic) bond motifs is 2. The fraction of sp³-hybridized carbons (Fsp3) is 0.286. The van der Waals surface area contributed by atoms with Crippen LogP contribution in [0.4, 0.5) is 5.00 Å². The molecule has 0 saturated carbocycles. The van der Waals surface area contributed by atoms with E-state index in [9.17, 15) is 10.1 Å². The first kappa shape index (κ1) is 18.0. The molecule has 136 valence electrons. The van der Waals surface area contributed by atoms with Crippen LogP contribution in [0.25, 0.3) is 10.9 Å². The van der Waals surface area contributed by atoms with E-state index in [1.165, 1.54) is 16.6 Å². The highest BCUT2D eigenvalue weighted by Gasteiger charge is 2.24. The fourth-order valence-electron chi connectivity index (χ4n) is 3.44. The second kappa shape index (κ2) is 7.34. The van der Waals surface area contributed by atoms with Crippen LogP contribution in [0.2, 0.25) is 0 Å². The predicted molar refractivity (Wildman–Crippen MR) is 111 cm³/mol. The summed E-state index contributed by atoms with van der Waals surface area (Å²) in [5.41, 5.74) is 3.87. The Hall–Kier alpha value is -2.36. The maximum Gasteiger partial charge on any atom is 0.238 e. The average molecular weight is 394 g/mol. The molecule has 6 heteroatoms. The van der Waals surface area contributed by atoms with Gasteiger partial charge < -0.3 is 5.32 Å². The minimum Gasteiger partial charge on any atom is -0.316 e. The first-order chi connectivity index (χ1) is 13.1. The molecular weight excluding hydrogens is 374 g/mol. The summed E-state index contributed by atoms with van der Waals surface area (Å²) in [6.07, 6.45) is 3.05. The van der Waals surface area contributed by atoms with E-state index in [-0.39, 0.29) is 11.2 Å². The highest BCUT2D eigenvalue weighted by Crippen LogP contribution is 2.39. The average Bonchev–Trinajstić information content (AvgIpc) is 3.22. The van der Waals surface area contributed by atoms with Crippen molar-refractivity contribution in [2.45, 2.75) is 43.4 Å². The van der Waals surface area contributed by atoms with E-state index in [0.717, 1.165) is 46.3 Å². The Kier molecular flexibility index (Phi) is 4.90. The summed E-state index contributed by atoms with van der Waals surface area (Å²) in [4.78, 5) is 18.6. The van der Waals surface area contributed by atoms with Gasteiger partial charge in [-0.15, -0.1) is 11.3 Å². The first-order valence-electron chi connectivity index (χ1n) is 8.95. The SMILES string of the molecule is Cc1cc(S[C@H](C)C(=O)Nc2sc3c(c2C#N)CCC3)nc2ccccc12. The highest BCUT2D eigenvalue weighted by atomic mass is 32.2. The van der Waals surface area contributed by atoms with Crippen molar-refractivity contribution in [3.63, 3.8) is 0 Å². The van der Waals surface area contributed by atoms with Gasteiger partial charge in [0.1, 0.15) is 11.1 Å². The number of pyridine rings is 1. The van der Waals surface area contributed by atoms with E-state index in [2.05, 4.69) is 29.4 Å². The molecule has 0 spiro atoms. The molecule has 0 radical (unpaired) electrons. The minimum absolute atomic E-state index is 0.0935. The third-order valence-electron chi connectivity index (χ3n) is 4.84. The number of aryl methyl sites for hydroxylation is 2. The van der Waals surface area contributed by atoms with Gasteiger partial charge in [0, 0.05) is 10.3 Å². The van der Waals surface area contributed by atoms with Gasteiger partial charge in [-0.25, -0.2) is 4.98 Å². The molecule has 0 bridgehead atoms. The normalized spacial score (nSPS) is 14.0. The topological polar surface area (TPSA) is 65.8 Å². The Morgan fingerprint density at radius 2 is 2.19 bits per heavy atom. The number of nitriles is 1. The molecule has 1 atom stereocenters. The number of anilines is 1. The third-order valence-corrected chi connectivity index (χ3v) is 7.06. The largest absolute Gasteiger partial charge is 0.316 e. The molecule has 1 aromatic carbocycles. The summed E-state index contributed by atoms with van der Waals surface area (Å²) < 4.78 is 0. The Morgan fingerprint density at radius 1 is 1.37 bits per heavy atom. The highest BCUT2D eigenvalue weighted by molar-refractivity contribution is 8.00. The second-order valence-electron chi connectivity index (χ2n) is 6.72. The zero-order valence-corrected chi connectivity index (χ0v) is 16.8. The number of rotatable bonds is 4. The summed E-state index contributed by atoms with van der Waals surface area (Å²) in [5, 5.41) is 14.8. The maximum absolute atomic E-state index is 12.7. The number of carbonyl (C=O) groups excluding carboxylic acids is 1. The van der Waals surface area contributed by atoms with Crippen LogP contribution in [0.3, 0.4) is 0 Å². The number of thiophene rings is 1. The summed E-state index contributed by atoms with van der Waals surface area (Å²) >= 11 is 2.99. The monoisotopic (exact) mass is 393 g/mol. The third kappa shape index (κ3) is 3.45. The molecule has 1 aliphatic rings. The first-order valence-corrected chi connectivity index (χ1v) is 10.6. The number of nitrogens with zero attached hydrogens (tertiary/aromatic N) is 2. The molecule has 2 aromatic heterocycles. The summed E-state index contributed by atoms with van der Waals surface area (Å²) in [6, 6.07) is 12.3. The molecule has 1 N–H and O–H groups in total. The molecule has 4 nitrogen and oxygen atoms in total. The van der Waals surface area contributed by atoms with E-state index >= 15 is 0 Å². The van der Waals surface area contributed by atoms with Gasteiger partial charge in [-0.1, -0.05) is 30.0 Å². The number of nitrogens with one attached hydrogen (secondary N) is 1. The number of carbonyl (C=O) groups is 1. The van der Waals surface area contributed by atoms with Crippen LogP contribution >= 0.6 is 23.1 Å². The van der Waals surface area contributed by atoms with Crippen LogP contribution in [0, 0.1) is 18.3 Å². The maximum atomic E-state index is 12.7. The molecule has 2 heterocycles. The number of hydrogen-bond donors (Lipinski definition) is 1. The van der Waals surface area contributed by atoms with Gasteiger partial charge in [-0.3, -0.25) is 4.79 Å². The van der Waals surface area contributed by atoms with Crippen molar-refractivity contribution >= 4 is 44.9 Å². The Bertz CT molecular complexity index is 1080. The molecule has 0 aliphatic heterocycles. The van der Waals surface area contributed by atoms with Crippen molar-refractivity contribution in [1.29, 1.82) is 5.26 Å². The smallest absolute Gasteiger partial charge is 0.238 e. The predicted octanol–water partition coefficient (Wildman–Crippen LogP) is 5.08. The van der Waals surface area contributed by atoms with Gasteiger partial charge in [-0.05, 0) is 56.4 Å². The van der Waals surface area contributed by atoms with Gasteiger partial charge in [-0.2, -0.15) is 5.26 Å². The van der Waals surface area contributed by atoms with E-state index in [4.69, 9.17) is 0 Å². The molecular formula is C21H19N3OS2. The van der Waals surface area contributed by atoms with Gasteiger partial charge >= 0.3 is 0 Å². The molecule has 0 unspecified atom stereocenters. The van der Waals surface area contributed by atoms with Gasteiger partial charge in [0.05, 0.1) is 21.4 Å². The van der Waals surface area contributed by atoms with Crippen LogP contribution in [0.1, 0.15) is 34.9 Å². The number of thioether (sulfide) groups is 1. The zero-order chi connectivity index (χ0) is 19.0. The number of aromatic nitrogens is 1. The molecule has 4 rings (SSSR count). The zero-order valence-electron chi connectivity index (χ0n) is 15.2. The molecule has 1 amide bonds. The van der Waals surface area contributed by atoms with E-state index < -0.39 is 0 Å². The van der Waals surface area contributed by atoms with E-state index in [0.29, 0.717) is 10.6 Å². The van der Waals surface area contributed by atoms with Crippen LogP contribution in [-0.4, -0.2) is 16.1 Å². The van der Waals surface area contributed by atoms with Crippen LogP contribution in [-0.2, 0) is 17.6 Å². The number of hydrogen-bond acceptors (Lipinski definition) is 5. The lowest BCUT2D eigenvalue weighted by atomic mass is 10.1. The van der Waals surface area contributed by atoms with Crippen molar-refractivity contribution in [3.8, 4) is 6.07 Å². The summed E-state index contributed by atoms with van der Waals surface area (Å²) in [7, 11) is 0. The van der Waals surface area contributed by atoms with Crippen LogP contribution in [0.5, 0.6) is 0 Å². The standard InChI is InChI=1S/C21H19N3OS2/c1-12-10-19(23-17-8-4-3-6-14(12)17)26-13(2)20(25)24-21-16(11-22)15-7-5-9-18(15)27-21/h3-4,6,8,10,13H,5,7,9H2,1-2H3,(H,24,25)/t13-/m1/s1. The lowest BCUT2D eigenvalue weighted by Crippen LogP contribution is -2.22. The summed E-state index contributed by atoms with van der Waals surface area (Å²) in [6.45, 7) is 3.94. The number of benzene rings is 1. The van der Waals surface area contributed by atoms with Gasteiger partial charge in [0.15, 0.2) is 0 Å². The van der Waals surface area contributed by atoms with Crippen molar-refractivity contribution in [3.05, 3.63) is 51.9 Å². The second-order valence-corrected chi connectivity index (χ2v) is 9.18. The van der Waals surface area contributed by atoms with E-state index in [1.54, 1.807) is 11.3 Å². The lowest BCUT2D eigenvalue weighted by Gasteiger charge is -2.12. The Morgan fingerprint density at radius 3 is 3.00 bits per heavy atom. The Labute approximate surface area is 166 Å². The van der Waals surface area contributed by atoms with Crippen molar-refractivity contribution in [2.75, 3.05) is 5.32 Å². The van der Waals surface area contributed by atoms with Crippen molar-refractivity contribution in [1.82, 2.24) is 4.98 Å². The van der Waals surface area contributed by atoms with Crippen LogP contribution < -0.4 is 5.32 Å². The molecule has 0 fully saturated rings. The summed E-state index contributed by atoms with van der Waals surface area (Å²) in [5.74, 6) is -0.0935. The van der Waals surface area contributed by atoms with Gasteiger partial charge in [0.25, 0.3) is 0 Å². The quantitative estimate of drug-likeness (QED) is 0.628. The number of para-hydroxylation sites is 1. The molecule has 1 aliphatic carbocycles.